The molecule has 0 aliphatic rings. The maximum Gasteiger partial charge on any atom is 0.159 e. The molecule has 0 aliphatic heterocycles. The minimum Gasteiger partial charge on any atom is -0.454 e. The Bertz CT molecular complexity index is 4470. The fourth-order valence-electron chi connectivity index (χ4n) is 12.9. The van der Waals surface area contributed by atoms with Gasteiger partial charge >= 0.3 is 0 Å². The van der Waals surface area contributed by atoms with Crippen LogP contribution in [0.1, 0.15) is 74.9 Å². The summed E-state index contributed by atoms with van der Waals surface area (Å²) in [4.78, 5) is 4.99. The van der Waals surface area contributed by atoms with Crippen molar-refractivity contribution in [1.82, 2.24) is 0 Å². The number of aryl methyl sites for hydroxylation is 4. The lowest BCUT2D eigenvalue weighted by atomic mass is 9.86. The zero-order chi connectivity index (χ0) is 54.9. The van der Waals surface area contributed by atoms with Crippen molar-refractivity contribution in [3.05, 3.63) is 240 Å². The summed E-state index contributed by atoms with van der Waals surface area (Å²) in [5.41, 5.74) is 21.5. The lowest BCUT2D eigenvalue weighted by Crippen LogP contribution is -2.14. The van der Waals surface area contributed by atoms with Crippen molar-refractivity contribution in [2.45, 2.75) is 80.1 Å². The number of fused-ring (bicyclic) bond motifs is 6. The molecule has 0 saturated heterocycles. The summed E-state index contributed by atoms with van der Waals surface area (Å²) in [5, 5.41) is 11.7. The maximum atomic E-state index is 7.28. The van der Waals surface area contributed by atoms with Crippen LogP contribution >= 0.6 is 0 Å². The number of rotatable bonds is 8. The average molecular weight is 1040 g/mol. The van der Waals surface area contributed by atoms with Gasteiger partial charge in [0.25, 0.3) is 0 Å². The summed E-state index contributed by atoms with van der Waals surface area (Å²) in [6.07, 6.45) is 0. The molecule has 4 nitrogen and oxygen atoms in total. The number of nitrogens with zero attached hydrogens (tertiary/aromatic N) is 2. The number of hydrogen-bond acceptors (Lipinski definition) is 4. The molecule has 0 aliphatic carbocycles. The highest BCUT2D eigenvalue weighted by molar-refractivity contribution is 6.30. The monoisotopic (exact) mass is 1040 g/mol. The fraction of sp³-hybridized carbons (Fsp3) is 0.158. The van der Waals surface area contributed by atoms with Crippen LogP contribution in [0.4, 0.5) is 34.1 Å². The Morgan fingerprint density at radius 3 is 1.01 bits per heavy atom. The van der Waals surface area contributed by atoms with Gasteiger partial charge in [-0.3, -0.25) is 0 Å². The SMILES string of the molecule is Cc1ccc(-c2ccccc2)cc1N(c1cc(C)c2ccc3c(N(c4cc(-c5ccccc5)ccc4C)c4cccc5c4oc4c(C(C)(C)C)cccc45)cc(C)c4ccc1c2c43)c1cccc2c1oc1c(C(C)(C)C)cccc12. The first-order chi connectivity index (χ1) is 38.6. The summed E-state index contributed by atoms with van der Waals surface area (Å²) >= 11 is 0. The third-order valence-corrected chi connectivity index (χ3v) is 17.0. The maximum absolute atomic E-state index is 7.28. The lowest BCUT2D eigenvalue weighted by Gasteiger charge is -2.31. The van der Waals surface area contributed by atoms with Gasteiger partial charge in [-0.1, -0.05) is 211 Å². The van der Waals surface area contributed by atoms with Crippen molar-refractivity contribution in [3.63, 3.8) is 0 Å². The largest absolute Gasteiger partial charge is 0.454 e. The molecule has 0 N–H and O–H groups in total. The Balaban J connectivity index is 1.08. The second-order valence-electron chi connectivity index (χ2n) is 24.3. The van der Waals surface area contributed by atoms with Crippen molar-refractivity contribution in [2.24, 2.45) is 0 Å². The Kier molecular flexibility index (Phi) is 11.2. The van der Waals surface area contributed by atoms with Gasteiger partial charge in [0.1, 0.15) is 11.2 Å². The molecule has 0 radical (unpaired) electrons. The molecule has 0 saturated carbocycles. The first-order valence-electron chi connectivity index (χ1n) is 28.2. The van der Waals surface area contributed by atoms with E-state index in [0.29, 0.717) is 0 Å². The minimum absolute atomic E-state index is 0.124. The predicted molar refractivity (Wildman–Crippen MR) is 341 cm³/mol. The van der Waals surface area contributed by atoms with E-state index in [0.717, 1.165) is 111 Å². The number of furan rings is 2. The van der Waals surface area contributed by atoms with Gasteiger partial charge in [0.05, 0.1) is 22.7 Å². The van der Waals surface area contributed by atoms with E-state index in [4.69, 9.17) is 8.83 Å². The zero-order valence-electron chi connectivity index (χ0n) is 47.3. The lowest BCUT2D eigenvalue weighted by molar-refractivity contribution is 0.572. The van der Waals surface area contributed by atoms with Crippen LogP contribution in [0, 0.1) is 27.7 Å². The molecule has 4 heteroatoms. The molecule has 0 fully saturated rings. The highest BCUT2D eigenvalue weighted by Gasteiger charge is 2.30. The van der Waals surface area contributed by atoms with Gasteiger partial charge in [-0.2, -0.15) is 0 Å². The quantitative estimate of drug-likeness (QED) is 0.142. The molecule has 2 aromatic heterocycles. The van der Waals surface area contributed by atoms with E-state index in [1.54, 1.807) is 0 Å². The summed E-state index contributed by atoms with van der Waals surface area (Å²) in [5.74, 6) is 0. The minimum atomic E-state index is -0.124. The Hall–Kier alpha value is -9.12. The van der Waals surface area contributed by atoms with Crippen LogP contribution in [0.5, 0.6) is 0 Å². The number of anilines is 6. The highest BCUT2D eigenvalue weighted by atomic mass is 16.3. The van der Waals surface area contributed by atoms with E-state index < -0.39 is 0 Å². The summed E-state index contributed by atoms with van der Waals surface area (Å²) < 4.78 is 14.6. The van der Waals surface area contributed by atoms with Crippen molar-refractivity contribution >= 4 is 110 Å². The summed E-state index contributed by atoms with van der Waals surface area (Å²) in [6, 6.07) is 76.1. The smallest absolute Gasteiger partial charge is 0.159 e. The van der Waals surface area contributed by atoms with Gasteiger partial charge < -0.3 is 18.6 Å². The normalized spacial score (nSPS) is 12.4. The molecule has 80 heavy (non-hydrogen) atoms. The molecule has 2 heterocycles. The van der Waals surface area contributed by atoms with Crippen molar-refractivity contribution < 1.29 is 8.83 Å². The van der Waals surface area contributed by atoms with Crippen molar-refractivity contribution in [1.29, 1.82) is 0 Å². The van der Waals surface area contributed by atoms with E-state index in [9.17, 15) is 0 Å². The molecular weight excluding hydrogens is 973 g/mol. The van der Waals surface area contributed by atoms with E-state index in [2.05, 4.69) is 285 Å². The third-order valence-electron chi connectivity index (χ3n) is 17.0. The molecule has 12 aromatic carbocycles. The summed E-state index contributed by atoms with van der Waals surface area (Å²) in [6.45, 7) is 22.7. The van der Waals surface area contributed by atoms with E-state index >= 15 is 0 Å². The Morgan fingerprint density at radius 2 is 0.625 bits per heavy atom. The first kappa shape index (κ1) is 49.2. The van der Waals surface area contributed by atoms with Gasteiger partial charge in [-0.05, 0) is 141 Å². The number of hydrogen-bond donors (Lipinski definition) is 0. The van der Waals surface area contributed by atoms with Gasteiger partial charge in [-0.15, -0.1) is 0 Å². The highest BCUT2D eigenvalue weighted by Crippen LogP contribution is 2.53. The van der Waals surface area contributed by atoms with Crippen LogP contribution in [-0.4, -0.2) is 0 Å². The van der Waals surface area contributed by atoms with Gasteiger partial charge in [-0.25, -0.2) is 0 Å². The van der Waals surface area contributed by atoms with Gasteiger partial charge in [0.15, 0.2) is 11.2 Å². The molecule has 0 unspecified atom stereocenters. The van der Waals surface area contributed by atoms with E-state index in [1.165, 1.54) is 54.9 Å². The molecule has 14 rings (SSSR count). The number of para-hydroxylation sites is 4. The van der Waals surface area contributed by atoms with Crippen LogP contribution in [0.25, 0.3) is 98.4 Å². The Labute approximate surface area is 468 Å². The molecule has 0 amide bonds. The first-order valence-corrected chi connectivity index (χ1v) is 28.2. The molecule has 14 aromatic rings. The van der Waals surface area contributed by atoms with Crippen LogP contribution in [0.15, 0.2) is 215 Å². The van der Waals surface area contributed by atoms with Crippen LogP contribution < -0.4 is 9.80 Å². The van der Waals surface area contributed by atoms with Crippen LogP contribution in [0.3, 0.4) is 0 Å². The van der Waals surface area contributed by atoms with Gasteiger partial charge in [0.2, 0.25) is 0 Å². The Morgan fingerprint density at radius 1 is 0.263 bits per heavy atom. The standard InChI is InChI=1S/C76H64N2O2/c1-45-33-35-51(49-21-13-11-14-22-49)43-65(45)77(63-31-19-27-57-55-25-17-29-61(75(5,6)7)71(55)79-73(57)63)67-41-47(3)53-38-40-60-68(42-48(4)54-37-39-59(67)69(53)70(54)60)78(66-44-52(36-34-46(66)2)50-23-15-12-16-24-50)64-32-20-28-58-56-26-18-30-62(76(8,9)10)72(56)80-74(58)64/h11-44H,1-10H3. The predicted octanol–water partition coefficient (Wildman–Crippen LogP) is 22.5. The molecule has 0 bridgehead atoms. The molecule has 0 atom stereocenters. The average Bonchev–Trinajstić information content (AvgIpc) is 4.13. The van der Waals surface area contributed by atoms with E-state index in [-0.39, 0.29) is 10.8 Å². The topological polar surface area (TPSA) is 32.8 Å². The van der Waals surface area contributed by atoms with Gasteiger partial charge in [0, 0.05) is 54.8 Å². The van der Waals surface area contributed by atoms with Crippen molar-refractivity contribution in [2.75, 3.05) is 9.80 Å². The van der Waals surface area contributed by atoms with E-state index in [1.807, 2.05) is 0 Å². The molecule has 390 valence electrons. The molecule has 0 spiro atoms. The number of benzene rings is 12. The fourth-order valence-corrected chi connectivity index (χ4v) is 12.9. The second-order valence-corrected chi connectivity index (χ2v) is 24.3. The zero-order valence-corrected chi connectivity index (χ0v) is 47.3. The summed E-state index contributed by atoms with van der Waals surface area (Å²) in [7, 11) is 0. The molecular formula is C76H64N2O2. The second kappa shape index (κ2) is 18.2. The third kappa shape index (κ3) is 7.71. The van der Waals surface area contributed by atoms with Crippen LogP contribution in [0.2, 0.25) is 0 Å². The van der Waals surface area contributed by atoms with Crippen molar-refractivity contribution in [3.8, 4) is 22.3 Å². The van der Waals surface area contributed by atoms with Crippen LogP contribution in [-0.2, 0) is 10.8 Å².